The van der Waals surface area contributed by atoms with Crippen LogP contribution in [-0.4, -0.2) is 215 Å². The summed E-state index contributed by atoms with van der Waals surface area (Å²) in [7, 11) is 7.20. The van der Waals surface area contributed by atoms with Crippen molar-refractivity contribution in [3.05, 3.63) is 34.3 Å². The third kappa shape index (κ3) is 20.0. The third-order valence-electron chi connectivity index (χ3n) is 19.0. The van der Waals surface area contributed by atoms with Gasteiger partial charge in [-0.1, -0.05) is 118 Å². The summed E-state index contributed by atoms with van der Waals surface area (Å²) in [5, 5.41) is 11.0. The molecule has 11 amide bonds. The summed E-state index contributed by atoms with van der Waals surface area (Å²) in [6, 6.07) is -4.58. The average molecular weight is 1320 g/mol. The Labute approximate surface area is 546 Å². The fraction of sp³-hybridized carbons (Fsp3) is 0.742. The van der Waals surface area contributed by atoms with Gasteiger partial charge in [-0.25, -0.2) is 0 Å². The second-order valence-corrected chi connectivity index (χ2v) is 27.6. The number of aryl methyl sites for hydroxylation is 1. The van der Waals surface area contributed by atoms with Crippen molar-refractivity contribution >= 4 is 76.6 Å². The van der Waals surface area contributed by atoms with Crippen molar-refractivity contribution in [1.82, 2.24) is 55.6 Å². The number of alkyl halides is 3. The Kier molecular flexibility index (Phi) is 28.2. The molecule has 1 aromatic carbocycles. The molecule has 2 aliphatic heterocycles. The van der Waals surface area contributed by atoms with E-state index in [2.05, 4.69) is 21.3 Å². The Balaban J connectivity index is 1.56. The van der Waals surface area contributed by atoms with Gasteiger partial charge in [-0.05, 0) is 106 Å². The molecule has 516 valence electrons. The van der Waals surface area contributed by atoms with E-state index in [9.17, 15) is 56.3 Å². The first-order valence-electron chi connectivity index (χ1n) is 33.1. The largest absolute Gasteiger partial charge is 0.417 e. The lowest BCUT2D eigenvalue weighted by atomic mass is 9.84. The number of carbonyl (C=O) groups excluding carboxylic acids is 11. The minimum absolute atomic E-state index is 0.0329. The number of nitrogens with zero attached hydrogens (tertiary/aromatic N) is 7. The molecule has 0 aromatic heterocycles. The summed E-state index contributed by atoms with van der Waals surface area (Å²) >= 11 is 6.12. The topological polar surface area (TPSA) is 259 Å². The second-order valence-electron chi connectivity index (χ2n) is 27.1. The number of hydrogen-bond acceptors (Lipinski definition) is 11. The minimum atomic E-state index is -4.74. The fourth-order valence-corrected chi connectivity index (χ4v) is 13.7. The molecule has 5 rings (SSSR count). The highest BCUT2D eigenvalue weighted by Gasteiger charge is 2.50. The maximum Gasteiger partial charge on any atom is 0.417 e. The first kappa shape index (κ1) is 76.2. The molecule has 1 spiro atoms. The van der Waals surface area contributed by atoms with Crippen molar-refractivity contribution in [2.24, 2.45) is 23.7 Å². The zero-order chi connectivity index (χ0) is 68.7. The summed E-state index contributed by atoms with van der Waals surface area (Å²) in [5.41, 5.74) is -2.25. The minimum Gasteiger partial charge on any atom is -0.351 e. The van der Waals surface area contributed by atoms with E-state index in [0.29, 0.717) is 37.7 Å². The monoisotopic (exact) mass is 1320 g/mol. The number of amides is 11. The number of halogens is 4. The number of carbonyl (C=O) groups is 11. The van der Waals surface area contributed by atoms with E-state index in [0.717, 1.165) is 54.0 Å². The van der Waals surface area contributed by atoms with Crippen LogP contribution in [0.15, 0.2) is 18.2 Å². The summed E-state index contributed by atoms with van der Waals surface area (Å²) in [6.45, 7) is 13.0. The normalized spacial score (nSPS) is 26.0. The number of nitrogens with one attached hydrogen (secondary N) is 4. The van der Waals surface area contributed by atoms with Crippen molar-refractivity contribution < 1.29 is 65.9 Å². The molecule has 4 aliphatic rings. The van der Waals surface area contributed by atoms with Gasteiger partial charge in [-0.2, -0.15) is 13.2 Å². The van der Waals surface area contributed by atoms with E-state index in [1.807, 2.05) is 27.7 Å². The molecular formula is C66H103ClF3N11O11. The smallest absolute Gasteiger partial charge is 0.351 e. The van der Waals surface area contributed by atoms with Crippen LogP contribution in [0.1, 0.15) is 176 Å². The molecule has 2 heterocycles. The highest BCUT2D eigenvalue weighted by atomic mass is 35.5. The van der Waals surface area contributed by atoms with Crippen LogP contribution in [0, 0.1) is 23.7 Å². The van der Waals surface area contributed by atoms with Gasteiger partial charge in [0.15, 0.2) is 0 Å². The quantitative estimate of drug-likeness (QED) is 0.190. The van der Waals surface area contributed by atoms with E-state index in [4.69, 9.17) is 11.6 Å². The van der Waals surface area contributed by atoms with Crippen LogP contribution in [0.25, 0.3) is 0 Å². The van der Waals surface area contributed by atoms with Gasteiger partial charge in [0.1, 0.15) is 41.8 Å². The zero-order valence-corrected chi connectivity index (χ0v) is 57.2. The van der Waals surface area contributed by atoms with Gasteiger partial charge in [-0.3, -0.25) is 52.7 Å². The molecule has 2 saturated heterocycles. The molecule has 2 aliphatic carbocycles. The van der Waals surface area contributed by atoms with Crippen molar-refractivity contribution in [3.8, 4) is 0 Å². The first-order valence-corrected chi connectivity index (χ1v) is 33.5. The van der Waals surface area contributed by atoms with Crippen molar-refractivity contribution in [2.45, 2.75) is 225 Å². The van der Waals surface area contributed by atoms with E-state index < -0.39 is 161 Å². The van der Waals surface area contributed by atoms with E-state index in [-0.39, 0.29) is 76.3 Å². The lowest BCUT2D eigenvalue weighted by Gasteiger charge is -2.39. The van der Waals surface area contributed by atoms with Gasteiger partial charge < -0.3 is 55.6 Å². The molecular weight excluding hydrogens is 1220 g/mol. The van der Waals surface area contributed by atoms with Gasteiger partial charge in [0.25, 0.3) is 0 Å². The molecule has 1 aromatic rings. The van der Waals surface area contributed by atoms with E-state index >= 15 is 9.59 Å². The Morgan fingerprint density at radius 1 is 0.674 bits per heavy atom. The highest BCUT2D eigenvalue weighted by molar-refractivity contribution is 6.31. The van der Waals surface area contributed by atoms with Gasteiger partial charge in [-0.15, -0.1) is 0 Å². The van der Waals surface area contributed by atoms with Crippen molar-refractivity contribution in [1.29, 1.82) is 0 Å². The maximum absolute atomic E-state index is 15.0. The predicted molar refractivity (Wildman–Crippen MR) is 342 cm³/mol. The molecule has 92 heavy (non-hydrogen) atoms. The lowest BCUT2D eigenvalue weighted by molar-refractivity contribution is -0.149. The Morgan fingerprint density at radius 2 is 1.32 bits per heavy atom. The highest BCUT2D eigenvalue weighted by Crippen LogP contribution is 2.37. The predicted octanol–water partition coefficient (Wildman–Crippen LogP) is 5.94. The summed E-state index contributed by atoms with van der Waals surface area (Å²) in [6.07, 6.45) is 2.51. The summed E-state index contributed by atoms with van der Waals surface area (Å²) in [5.74, 6) is -7.69. The molecule has 2 saturated carbocycles. The van der Waals surface area contributed by atoms with Crippen LogP contribution >= 0.6 is 11.6 Å². The SMILES string of the molecule is CCCN1CC(=O)N(C)CC(=O)N(C)[C@@H](CC2CCCCC2)C(=O)N(C)CC(=O)N[C@@H](CCc2ccc(C(F)(F)F)c(Cl)c2)C(=O)N2CCCC2C(=O)NC2(CCCC2)C(=O)N(C)[C@@H](C(C)C)C(=O)N[C@H](C)CC(=O)N(C)[C@@H](CC(C)C)C(=O)N[C@@H]([C@@H](C)CC)C1=O. The van der Waals surface area contributed by atoms with Crippen LogP contribution in [0.2, 0.25) is 5.02 Å². The van der Waals surface area contributed by atoms with E-state index in [1.54, 1.807) is 27.7 Å². The molecule has 0 bridgehead atoms. The van der Waals surface area contributed by atoms with Crippen molar-refractivity contribution in [2.75, 3.05) is 68.0 Å². The maximum atomic E-state index is 15.0. The van der Waals surface area contributed by atoms with Crippen molar-refractivity contribution in [3.63, 3.8) is 0 Å². The Hall–Kier alpha value is -6.53. The molecule has 0 radical (unpaired) electrons. The number of fused-ring (bicyclic) bond motifs is 1. The van der Waals surface area contributed by atoms with Crippen LogP contribution in [-0.2, 0) is 65.3 Å². The first-order chi connectivity index (χ1) is 43.2. The molecule has 22 nitrogen and oxygen atoms in total. The molecule has 8 atom stereocenters. The van der Waals surface area contributed by atoms with Gasteiger partial charge in [0, 0.05) is 60.8 Å². The zero-order valence-electron chi connectivity index (χ0n) is 56.5. The van der Waals surface area contributed by atoms with Gasteiger partial charge in [0.2, 0.25) is 65.0 Å². The van der Waals surface area contributed by atoms with Gasteiger partial charge >= 0.3 is 6.18 Å². The Morgan fingerprint density at radius 3 is 1.90 bits per heavy atom. The standard InChI is InChI=1S/C66H103ClF3N11O11/c1-14-31-80-39-54(84)75(9)38-55(85)78(12)51(36-44-22-17-16-18-23-44)62(90)76(10)37-52(82)72-48(28-26-45-25-27-46(47(67)35-45)66(68,69)70)61(89)81-32-21-24-49(81)59(87)74-65(29-19-20-30-65)64(92)79(13)57(41(5)6)60(88)71-43(8)34-53(83)77(11)50(33-40(3)4)58(86)73-56(63(80)91)42(7)15-2/h25,27,35,40-44,48-51,56-57H,14-24,26,28-34,36-39H2,1-13H3,(H,71,88)(H,72,82)(H,73,86)(H,74,87)/t42-,43+,48-,49?,50-,51-,56-,57-/m0/s1. The number of benzene rings is 1. The molecule has 4 N–H and O–H groups in total. The lowest BCUT2D eigenvalue weighted by Crippen LogP contribution is -2.64. The third-order valence-corrected chi connectivity index (χ3v) is 19.3. The number of rotatable bonds is 12. The van der Waals surface area contributed by atoms with E-state index in [1.165, 1.54) is 65.8 Å². The Bertz CT molecular complexity index is 2800. The van der Waals surface area contributed by atoms with Crippen LogP contribution in [0.4, 0.5) is 13.2 Å². The van der Waals surface area contributed by atoms with Crippen LogP contribution in [0.5, 0.6) is 0 Å². The molecule has 4 fully saturated rings. The average Bonchev–Trinajstić information content (AvgIpc) is 1.55. The second kappa shape index (κ2) is 34.0. The van der Waals surface area contributed by atoms with Crippen LogP contribution in [0.3, 0.4) is 0 Å². The van der Waals surface area contributed by atoms with Crippen LogP contribution < -0.4 is 21.3 Å². The number of likely N-dealkylation sites (N-methyl/N-ethyl adjacent to an activating group) is 5. The molecule has 1 unspecified atom stereocenters. The summed E-state index contributed by atoms with van der Waals surface area (Å²) < 4.78 is 41.3. The van der Waals surface area contributed by atoms with Gasteiger partial charge in [0.05, 0.1) is 30.2 Å². The number of hydrogen-bond donors (Lipinski definition) is 4. The summed E-state index contributed by atoms with van der Waals surface area (Å²) in [4.78, 5) is 169. The molecule has 26 heteroatoms. The fourth-order valence-electron chi connectivity index (χ4n) is 13.4.